The number of aromatic nitrogens is 2. The highest BCUT2D eigenvalue weighted by Gasteiger charge is 2.22. The zero-order valence-electron chi connectivity index (χ0n) is 12.2. The Morgan fingerprint density at radius 3 is 2.95 bits per heavy atom. The van der Waals surface area contributed by atoms with Gasteiger partial charge < -0.3 is 8.98 Å². The molecule has 0 bridgehead atoms. The van der Waals surface area contributed by atoms with Gasteiger partial charge in [0.25, 0.3) is 0 Å². The predicted molar refractivity (Wildman–Crippen MR) is 84.4 cm³/mol. The van der Waals surface area contributed by atoms with Crippen LogP contribution in [-0.4, -0.2) is 15.6 Å². The van der Waals surface area contributed by atoms with Crippen molar-refractivity contribution in [1.82, 2.24) is 14.9 Å². The van der Waals surface area contributed by atoms with Gasteiger partial charge in [0.05, 0.1) is 6.26 Å². The van der Waals surface area contributed by atoms with E-state index in [9.17, 15) is 0 Å². The van der Waals surface area contributed by atoms with Gasteiger partial charge in [-0.3, -0.25) is 5.32 Å². The summed E-state index contributed by atoms with van der Waals surface area (Å²) in [4.78, 5) is 4.46. The van der Waals surface area contributed by atoms with Crippen molar-refractivity contribution in [1.29, 1.82) is 0 Å². The van der Waals surface area contributed by atoms with Crippen LogP contribution < -0.4 is 5.32 Å². The Kier molecular flexibility index (Phi) is 4.22. The lowest BCUT2D eigenvalue weighted by molar-refractivity contribution is 0.397. The molecule has 0 spiro atoms. The lowest BCUT2D eigenvalue weighted by Crippen LogP contribution is -2.34. The lowest BCUT2D eigenvalue weighted by Gasteiger charge is -2.21. The summed E-state index contributed by atoms with van der Waals surface area (Å²) in [6.07, 6.45) is 6.47. The molecular weight excluding hydrogens is 282 g/mol. The molecule has 3 aromatic heterocycles. The minimum absolute atomic E-state index is 0.0337. The summed E-state index contributed by atoms with van der Waals surface area (Å²) in [5, 5.41) is 7.94. The van der Waals surface area contributed by atoms with E-state index in [4.69, 9.17) is 4.42 Å². The fourth-order valence-corrected chi connectivity index (χ4v) is 3.18. The van der Waals surface area contributed by atoms with Crippen LogP contribution in [0, 0.1) is 0 Å². The third-order valence-corrected chi connectivity index (χ3v) is 4.25. The maximum atomic E-state index is 5.60. The number of furan rings is 1. The van der Waals surface area contributed by atoms with Crippen molar-refractivity contribution in [3.8, 4) is 0 Å². The molecule has 3 rings (SSSR count). The highest BCUT2D eigenvalue weighted by molar-refractivity contribution is 7.07. The highest BCUT2D eigenvalue weighted by Crippen LogP contribution is 2.22. The Labute approximate surface area is 128 Å². The quantitative estimate of drug-likeness (QED) is 0.759. The molecular formula is C16H19N3OS. The molecule has 2 unspecified atom stereocenters. The predicted octanol–water partition coefficient (Wildman–Crippen LogP) is 3.38. The molecule has 0 saturated heterocycles. The van der Waals surface area contributed by atoms with E-state index in [0.717, 1.165) is 18.0 Å². The van der Waals surface area contributed by atoms with E-state index in [-0.39, 0.29) is 6.04 Å². The second kappa shape index (κ2) is 6.28. The zero-order valence-corrected chi connectivity index (χ0v) is 13.0. The SMILES string of the molecule is CC(Cc1ccsc1)NC(c1ccco1)c1nccn1C. The number of hydrogen-bond donors (Lipinski definition) is 1. The standard InChI is InChI=1S/C16H19N3OS/c1-12(10-13-5-9-21-11-13)18-15(14-4-3-8-20-14)16-17-6-7-19(16)2/h3-9,11-12,15,18H,10H2,1-2H3. The smallest absolute Gasteiger partial charge is 0.133 e. The average Bonchev–Trinajstić information content (AvgIpc) is 3.18. The Morgan fingerprint density at radius 2 is 2.33 bits per heavy atom. The Balaban J connectivity index is 1.78. The van der Waals surface area contributed by atoms with Crippen LogP contribution in [-0.2, 0) is 13.5 Å². The monoisotopic (exact) mass is 301 g/mol. The van der Waals surface area contributed by atoms with Crippen molar-refractivity contribution < 1.29 is 4.42 Å². The van der Waals surface area contributed by atoms with Gasteiger partial charge in [-0.15, -0.1) is 0 Å². The van der Waals surface area contributed by atoms with E-state index in [1.54, 1.807) is 17.6 Å². The van der Waals surface area contributed by atoms with Crippen LogP contribution in [0.3, 0.4) is 0 Å². The van der Waals surface area contributed by atoms with Crippen LogP contribution in [0.1, 0.15) is 30.1 Å². The van der Waals surface area contributed by atoms with E-state index in [2.05, 4.69) is 34.1 Å². The van der Waals surface area contributed by atoms with Crippen molar-refractivity contribution in [2.24, 2.45) is 7.05 Å². The molecule has 0 radical (unpaired) electrons. The summed E-state index contributed by atoms with van der Waals surface area (Å²) >= 11 is 1.74. The van der Waals surface area contributed by atoms with Crippen LogP contribution in [0.5, 0.6) is 0 Å². The molecule has 0 aliphatic heterocycles. The molecule has 0 fully saturated rings. The van der Waals surface area contributed by atoms with E-state index < -0.39 is 0 Å². The normalized spacial score (nSPS) is 14.2. The third-order valence-electron chi connectivity index (χ3n) is 3.52. The Bertz CT molecular complexity index is 658. The first-order valence-corrected chi connectivity index (χ1v) is 7.96. The molecule has 3 aromatic rings. The van der Waals surface area contributed by atoms with Gasteiger partial charge in [-0.05, 0) is 47.9 Å². The molecule has 2 atom stereocenters. The molecule has 110 valence electrons. The molecule has 5 heteroatoms. The zero-order chi connectivity index (χ0) is 14.7. The first-order valence-electron chi connectivity index (χ1n) is 7.02. The second-order valence-corrected chi connectivity index (χ2v) is 6.03. The number of aryl methyl sites for hydroxylation is 1. The van der Waals surface area contributed by atoms with Gasteiger partial charge in [-0.25, -0.2) is 4.98 Å². The van der Waals surface area contributed by atoms with Crippen molar-refractivity contribution in [3.05, 3.63) is 64.8 Å². The maximum absolute atomic E-state index is 5.60. The van der Waals surface area contributed by atoms with Crippen LogP contribution in [0.2, 0.25) is 0 Å². The lowest BCUT2D eigenvalue weighted by atomic mass is 10.1. The topological polar surface area (TPSA) is 43.0 Å². The molecule has 0 amide bonds. The molecule has 0 aliphatic carbocycles. The number of imidazole rings is 1. The minimum Gasteiger partial charge on any atom is -0.467 e. The summed E-state index contributed by atoms with van der Waals surface area (Å²) in [5.41, 5.74) is 1.36. The first-order chi connectivity index (χ1) is 10.2. The van der Waals surface area contributed by atoms with Crippen LogP contribution >= 0.6 is 11.3 Å². The molecule has 0 aromatic carbocycles. The van der Waals surface area contributed by atoms with E-state index in [1.165, 1.54) is 5.56 Å². The fourth-order valence-electron chi connectivity index (χ4n) is 2.50. The number of nitrogens with one attached hydrogen (secondary N) is 1. The molecule has 1 N–H and O–H groups in total. The van der Waals surface area contributed by atoms with E-state index >= 15 is 0 Å². The van der Waals surface area contributed by atoms with Crippen molar-refractivity contribution in [2.45, 2.75) is 25.4 Å². The number of nitrogens with zero attached hydrogens (tertiary/aromatic N) is 2. The Morgan fingerprint density at radius 1 is 1.43 bits per heavy atom. The van der Waals surface area contributed by atoms with Crippen LogP contribution in [0.4, 0.5) is 0 Å². The largest absolute Gasteiger partial charge is 0.467 e. The number of thiophene rings is 1. The van der Waals surface area contributed by atoms with Gasteiger partial charge in [0.1, 0.15) is 17.6 Å². The molecule has 0 aliphatic rings. The summed E-state index contributed by atoms with van der Waals surface area (Å²) in [6.45, 7) is 2.19. The third kappa shape index (κ3) is 3.25. The average molecular weight is 301 g/mol. The van der Waals surface area contributed by atoms with Crippen LogP contribution in [0.15, 0.2) is 52.0 Å². The number of rotatable bonds is 6. The van der Waals surface area contributed by atoms with Crippen LogP contribution in [0.25, 0.3) is 0 Å². The van der Waals surface area contributed by atoms with Gasteiger partial charge in [-0.1, -0.05) is 0 Å². The van der Waals surface area contributed by atoms with Gasteiger partial charge >= 0.3 is 0 Å². The van der Waals surface area contributed by atoms with Gasteiger partial charge in [0.2, 0.25) is 0 Å². The summed E-state index contributed by atoms with van der Waals surface area (Å²) in [6, 6.07) is 6.37. The second-order valence-electron chi connectivity index (χ2n) is 5.25. The van der Waals surface area contributed by atoms with Crippen molar-refractivity contribution in [3.63, 3.8) is 0 Å². The van der Waals surface area contributed by atoms with Crippen molar-refractivity contribution >= 4 is 11.3 Å². The van der Waals surface area contributed by atoms with Crippen molar-refractivity contribution in [2.75, 3.05) is 0 Å². The van der Waals surface area contributed by atoms with Gasteiger partial charge in [0.15, 0.2) is 0 Å². The van der Waals surface area contributed by atoms with E-state index in [0.29, 0.717) is 6.04 Å². The Hall–Kier alpha value is -1.85. The van der Waals surface area contributed by atoms with E-state index in [1.807, 2.05) is 36.1 Å². The molecule has 4 nitrogen and oxygen atoms in total. The number of hydrogen-bond acceptors (Lipinski definition) is 4. The maximum Gasteiger partial charge on any atom is 0.133 e. The summed E-state index contributed by atoms with van der Waals surface area (Å²) in [7, 11) is 2.00. The summed E-state index contributed by atoms with van der Waals surface area (Å²) < 4.78 is 7.62. The minimum atomic E-state index is -0.0337. The van der Waals surface area contributed by atoms with Gasteiger partial charge in [0, 0.05) is 25.5 Å². The first kappa shape index (κ1) is 14.1. The molecule has 3 heterocycles. The summed E-state index contributed by atoms with van der Waals surface area (Å²) in [5.74, 6) is 1.85. The fraction of sp³-hybridized carbons (Fsp3) is 0.312. The molecule has 21 heavy (non-hydrogen) atoms. The highest BCUT2D eigenvalue weighted by atomic mass is 32.1. The van der Waals surface area contributed by atoms with Gasteiger partial charge in [-0.2, -0.15) is 11.3 Å². The molecule has 0 saturated carbocycles.